The topological polar surface area (TPSA) is 69.4 Å². The van der Waals surface area contributed by atoms with Crippen molar-refractivity contribution in [2.45, 2.75) is 26.4 Å². The number of nitrogens with two attached hydrogens (primary N) is 1. The van der Waals surface area contributed by atoms with Crippen LogP contribution in [-0.4, -0.2) is 11.9 Å². The molecule has 2 N–H and O–H groups in total. The van der Waals surface area contributed by atoms with Crippen LogP contribution in [-0.2, 0) is 20.9 Å². The number of ether oxygens (including phenoxy) is 1. The van der Waals surface area contributed by atoms with E-state index in [-0.39, 0.29) is 19.0 Å². The van der Waals surface area contributed by atoms with Gasteiger partial charge in [0.25, 0.3) is 0 Å². The Balaban J connectivity index is 2.37. The van der Waals surface area contributed by atoms with Crippen molar-refractivity contribution in [3.63, 3.8) is 0 Å². The van der Waals surface area contributed by atoms with Crippen LogP contribution < -0.4 is 5.73 Å². The van der Waals surface area contributed by atoms with E-state index in [1.54, 1.807) is 0 Å². The molecule has 92 valence electrons. The van der Waals surface area contributed by atoms with Crippen LogP contribution in [0, 0.1) is 5.92 Å². The zero-order chi connectivity index (χ0) is 12.7. The van der Waals surface area contributed by atoms with E-state index in [1.165, 1.54) is 0 Å². The first-order valence-corrected chi connectivity index (χ1v) is 5.62. The van der Waals surface area contributed by atoms with Gasteiger partial charge in [-0.25, -0.2) is 0 Å². The van der Waals surface area contributed by atoms with Crippen LogP contribution in [0.2, 0.25) is 0 Å². The lowest BCUT2D eigenvalue weighted by Gasteiger charge is -2.10. The summed E-state index contributed by atoms with van der Waals surface area (Å²) in [6.45, 7) is 2.05. The maximum absolute atomic E-state index is 11.5. The highest BCUT2D eigenvalue weighted by Crippen LogP contribution is 2.09. The molecule has 0 aliphatic carbocycles. The summed E-state index contributed by atoms with van der Waals surface area (Å²) in [6, 6.07) is 9.39. The minimum absolute atomic E-state index is 0.0542. The molecule has 17 heavy (non-hydrogen) atoms. The number of amides is 1. The minimum atomic E-state index is -0.454. The molecule has 1 aromatic rings. The fourth-order valence-electron chi connectivity index (χ4n) is 1.44. The molecule has 1 amide bonds. The minimum Gasteiger partial charge on any atom is -0.461 e. The molecule has 1 aromatic carbocycles. The van der Waals surface area contributed by atoms with Crippen LogP contribution in [0.5, 0.6) is 0 Å². The largest absolute Gasteiger partial charge is 0.461 e. The van der Waals surface area contributed by atoms with Gasteiger partial charge in [0.05, 0.1) is 6.42 Å². The fourth-order valence-corrected chi connectivity index (χ4v) is 1.44. The van der Waals surface area contributed by atoms with E-state index in [0.29, 0.717) is 6.42 Å². The summed E-state index contributed by atoms with van der Waals surface area (Å²) in [5.41, 5.74) is 6.08. The summed E-state index contributed by atoms with van der Waals surface area (Å²) in [5, 5.41) is 0. The van der Waals surface area contributed by atoms with Crippen LogP contribution in [0.15, 0.2) is 30.3 Å². The van der Waals surface area contributed by atoms with E-state index in [2.05, 4.69) is 0 Å². The van der Waals surface area contributed by atoms with Gasteiger partial charge in [0, 0.05) is 5.92 Å². The summed E-state index contributed by atoms with van der Waals surface area (Å²) in [7, 11) is 0. The molecule has 0 aliphatic heterocycles. The van der Waals surface area contributed by atoms with Gasteiger partial charge in [-0.3, -0.25) is 9.59 Å². The molecule has 1 atom stereocenters. The van der Waals surface area contributed by atoms with E-state index >= 15 is 0 Å². The number of esters is 1. The predicted molar refractivity (Wildman–Crippen MR) is 63.8 cm³/mol. The highest BCUT2D eigenvalue weighted by molar-refractivity contribution is 5.82. The summed E-state index contributed by atoms with van der Waals surface area (Å²) < 4.78 is 5.06. The van der Waals surface area contributed by atoms with Crippen LogP contribution >= 0.6 is 0 Å². The average molecular weight is 235 g/mol. The predicted octanol–water partition coefficient (Wildman–Crippen LogP) is 1.63. The number of benzene rings is 1. The van der Waals surface area contributed by atoms with Gasteiger partial charge in [-0.1, -0.05) is 37.3 Å². The number of rotatable bonds is 6. The first kappa shape index (κ1) is 13.2. The Labute approximate surface area is 101 Å². The van der Waals surface area contributed by atoms with E-state index in [0.717, 1.165) is 5.56 Å². The first-order chi connectivity index (χ1) is 8.13. The Kier molecular flexibility index (Phi) is 5.20. The fraction of sp³-hybridized carbons (Fsp3) is 0.385. The van der Waals surface area contributed by atoms with E-state index in [4.69, 9.17) is 10.5 Å². The van der Waals surface area contributed by atoms with Gasteiger partial charge in [-0.05, 0) is 12.0 Å². The molecular formula is C13H17NO3. The SMILES string of the molecule is CC[C@H](CC(=O)OCc1ccccc1)C(N)=O. The summed E-state index contributed by atoms with van der Waals surface area (Å²) in [5.74, 6) is -1.28. The van der Waals surface area contributed by atoms with Crippen molar-refractivity contribution in [2.24, 2.45) is 11.7 Å². The van der Waals surface area contributed by atoms with Gasteiger partial charge < -0.3 is 10.5 Å². The zero-order valence-corrected chi connectivity index (χ0v) is 9.89. The molecule has 0 fully saturated rings. The zero-order valence-electron chi connectivity index (χ0n) is 9.89. The van der Waals surface area contributed by atoms with Crippen molar-refractivity contribution < 1.29 is 14.3 Å². The third-order valence-electron chi connectivity index (χ3n) is 2.55. The number of hydrogen-bond donors (Lipinski definition) is 1. The van der Waals surface area contributed by atoms with Crippen LogP contribution in [0.25, 0.3) is 0 Å². The number of carbonyl (C=O) groups excluding carboxylic acids is 2. The van der Waals surface area contributed by atoms with Crippen molar-refractivity contribution >= 4 is 11.9 Å². The summed E-state index contributed by atoms with van der Waals surface area (Å²) in [6.07, 6.45) is 0.606. The van der Waals surface area contributed by atoms with E-state index in [1.807, 2.05) is 37.3 Å². The number of hydrogen-bond acceptors (Lipinski definition) is 3. The highest BCUT2D eigenvalue weighted by atomic mass is 16.5. The maximum atomic E-state index is 11.5. The Morgan fingerprint density at radius 1 is 1.29 bits per heavy atom. The standard InChI is InChI=1S/C13H17NO3/c1-2-11(13(14)16)8-12(15)17-9-10-6-4-3-5-7-10/h3-7,11H,2,8-9H2,1H3,(H2,14,16)/t11-/m1/s1. The molecule has 0 saturated carbocycles. The quantitative estimate of drug-likeness (QED) is 0.762. The molecule has 0 heterocycles. The third-order valence-corrected chi connectivity index (χ3v) is 2.55. The van der Waals surface area contributed by atoms with Crippen molar-refractivity contribution in [3.05, 3.63) is 35.9 Å². The molecule has 0 aliphatic rings. The molecular weight excluding hydrogens is 218 g/mol. The Morgan fingerprint density at radius 3 is 2.47 bits per heavy atom. The average Bonchev–Trinajstić information content (AvgIpc) is 2.34. The molecule has 4 heteroatoms. The van der Waals surface area contributed by atoms with Crippen LogP contribution in [0.3, 0.4) is 0 Å². The van der Waals surface area contributed by atoms with Crippen LogP contribution in [0.1, 0.15) is 25.3 Å². The smallest absolute Gasteiger partial charge is 0.306 e. The summed E-state index contributed by atoms with van der Waals surface area (Å²) in [4.78, 5) is 22.4. The molecule has 0 aromatic heterocycles. The third kappa shape index (κ3) is 4.68. The molecule has 0 bridgehead atoms. The second-order valence-electron chi connectivity index (χ2n) is 3.86. The van der Waals surface area contributed by atoms with Crippen molar-refractivity contribution in [1.29, 1.82) is 0 Å². The van der Waals surface area contributed by atoms with Gasteiger partial charge in [-0.2, -0.15) is 0 Å². The molecule has 0 unspecified atom stereocenters. The lowest BCUT2D eigenvalue weighted by atomic mass is 10.0. The Morgan fingerprint density at radius 2 is 1.94 bits per heavy atom. The Bertz CT molecular complexity index is 376. The van der Waals surface area contributed by atoms with E-state index < -0.39 is 11.8 Å². The second-order valence-corrected chi connectivity index (χ2v) is 3.86. The molecule has 0 saturated heterocycles. The van der Waals surface area contributed by atoms with Gasteiger partial charge in [0.1, 0.15) is 6.61 Å². The highest BCUT2D eigenvalue weighted by Gasteiger charge is 2.18. The van der Waals surface area contributed by atoms with Crippen molar-refractivity contribution in [3.8, 4) is 0 Å². The monoisotopic (exact) mass is 235 g/mol. The second kappa shape index (κ2) is 6.68. The molecule has 4 nitrogen and oxygen atoms in total. The van der Waals surface area contributed by atoms with Gasteiger partial charge >= 0.3 is 5.97 Å². The maximum Gasteiger partial charge on any atom is 0.306 e. The molecule has 1 rings (SSSR count). The lowest BCUT2D eigenvalue weighted by molar-refractivity contribution is -0.147. The lowest BCUT2D eigenvalue weighted by Crippen LogP contribution is -2.25. The van der Waals surface area contributed by atoms with Gasteiger partial charge in [0.2, 0.25) is 5.91 Å². The van der Waals surface area contributed by atoms with Crippen LogP contribution in [0.4, 0.5) is 0 Å². The molecule has 0 spiro atoms. The Hall–Kier alpha value is -1.84. The van der Waals surface area contributed by atoms with Gasteiger partial charge in [-0.15, -0.1) is 0 Å². The normalized spacial score (nSPS) is 11.8. The van der Waals surface area contributed by atoms with E-state index in [9.17, 15) is 9.59 Å². The first-order valence-electron chi connectivity index (χ1n) is 5.62. The molecule has 0 radical (unpaired) electrons. The van der Waals surface area contributed by atoms with Crippen molar-refractivity contribution in [1.82, 2.24) is 0 Å². The number of primary amides is 1. The van der Waals surface area contributed by atoms with Gasteiger partial charge in [0.15, 0.2) is 0 Å². The summed E-state index contributed by atoms with van der Waals surface area (Å²) >= 11 is 0. The van der Waals surface area contributed by atoms with Crippen molar-refractivity contribution in [2.75, 3.05) is 0 Å². The number of carbonyl (C=O) groups is 2.